The summed E-state index contributed by atoms with van der Waals surface area (Å²) < 4.78 is 62.1. The molecule has 55 heavy (non-hydrogen) atoms. The molecule has 2 amide bonds. The zero-order chi connectivity index (χ0) is 41.2. The van der Waals surface area contributed by atoms with Gasteiger partial charge in [0.1, 0.15) is 36.3 Å². The molecule has 2 aromatic heterocycles. The number of phosphoric acid groups is 3. The highest BCUT2D eigenvalue weighted by Crippen LogP contribution is 2.61. The number of nitrogens with two attached hydrogens (primary N) is 1. The number of hydrogen-bond acceptors (Lipinski definition) is 18. The number of hydrogen-bond donors (Lipinski definition) is 9. The van der Waals surface area contributed by atoms with Crippen molar-refractivity contribution in [2.75, 3.05) is 37.8 Å². The molecule has 0 spiro atoms. The normalized spacial score (nSPS) is 21.8. The van der Waals surface area contributed by atoms with E-state index in [4.69, 9.17) is 19.5 Å². The van der Waals surface area contributed by atoms with E-state index < -0.39 is 84.6 Å². The minimum Gasteiger partial charge on any atom is -0.386 e. The summed E-state index contributed by atoms with van der Waals surface area (Å²) >= 11 is 1.12. The van der Waals surface area contributed by atoms with Gasteiger partial charge in [-0.05, 0) is 6.42 Å². The number of anilines is 1. The summed E-state index contributed by atoms with van der Waals surface area (Å²) in [5.74, 6) is -1.04. The Morgan fingerprint density at radius 2 is 1.73 bits per heavy atom. The highest BCUT2D eigenvalue weighted by atomic mass is 32.2. The van der Waals surface area contributed by atoms with Gasteiger partial charge in [0.2, 0.25) is 11.8 Å². The molecular formula is C27H46N7O17P3S. The average molecular weight is 866 g/mol. The van der Waals surface area contributed by atoms with Crippen molar-refractivity contribution in [3.05, 3.63) is 12.7 Å². The molecule has 0 radical (unpaired) electrons. The number of nitrogens with one attached hydrogen (secondary N) is 2. The predicted molar refractivity (Wildman–Crippen MR) is 191 cm³/mol. The van der Waals surface area contributed by atoms with Crippen molar-refractivity contribution in [3.63, 3.8) is 0 Å². The van der Waals surface area contributed by atoms with Gasteiger partial charge in [0.15, 0.2) is 22.8 Å². The molecule has 0 aromatic carbocycles. The Morgan fingerprint density at radius 3 is 2.40 bits per heavy atom. The Kier molecular flexibility index (Phi) is 17.3. The van der Waals surface area contributed by atoms with Gasteiger partial charge in [-0.2, -0.15) is 4.31 Å². The Hall–Kier alpha value is -2.44. The second-order valence-electron chi connectivity index (χ2n) is 12.7. The summed E-state index contributed by atoms with van der Waals surface area (Å²) in [6.07, 6.45) is -3.63. The van der Waals surface area contributed by atoms with Gasteiger partial charge in [0.25, 0.3) is 0 Å². The molecule has 7 unspecified atom stereocenters. The number of carbonyl (C=O) groups is 3. The predicted octanol–water partition coefficient (Wildman–Crippen LogP) is 0.245. The Morgan fingerprint density at radius 1 is 1.04 bits per heavy atom. The molecule has 1 fully saturated rings. The van der Waals surface area contributed by atoms with Crippen LogP contribution in [-0.4, -0.2) is 123 Å². The van der Waals surface area contributed by atoms with Crippen molar-refractivity contribution in [1.82, 2.24) is 30.2 Å². The second-order valence-corrected chi connectivity index (χ2v) is 18.1. The standard InChI is InChI=1S/C27H46N7O17P3S/c1-4-5-6-7-18(36)55-11-10-29-17(35)8-9-30-25(39)22(38)27(2,3)13-48-54(45,46)51-53(43,44)47-12-16-21(50-52(40,41)42)20(37)26(49-16)34-15-33-19-23(28)31-14-32-24(19)34/h14-16,20-22,26,37-38H,4-13H2,1-3H3,(H,29,35)(H,30,39)(H,43,44)(H,45,46)(H2,28,31,32)(H2,40,41,42). The van der Waals surface area contributed by atoms with Crippen LogP contribution < -0.4 is 16.4 Å². The van der Waals surface area contributed by atoms with Crippen molar-refractivity contribution in [2.24, 2.45) is 5.41 Å². The number of rotatable bonds is 23. The number of aromatic nitrogens is 4. The topological polar surface area (TPSA) is 364 Å². The highest BCUT2D eigenvalue weighted by molar-refractivity contribution is 8.13. The fourth-order valence-corrected chi connectivity index (χ4v) is 8.44. The second kappa shape index (κ2) is 20.3. The molecular weight excluding hydrogens is 819 g/mol. The number of imidazole rings is 1. The molecule has 0 aliphatic carbocycles. The van der Waals surface area contributed by atoms with Crippen molar-refractivity contribution < 1.29 is 80.5 Å². The fourth-order valence-electron chi connectivity index (χ4n) is 4.89. The molecule has 28 heteroatoms. The Bertz CT molecular complexity index is 1780. The van der Waals surface area contributed by atoms with Gasteiger partial charge in [-0.25, -0.2) is 28.6 Å². The van der Waals surface area contributed by atoms with Crippen LogP contribution >= 0.6 is 35.2 Å². The minimum absolute atomic E-state index is 0.0321. The summed E-state index contributed by atoms with van der Waals surface area (Å²) in [5, 5.41) is 26.4. The molecule has 312 valence electrons. The van der Waals surface area contributed by atoms with Crippen LogP contribution in [0.2, 0.25) is 0 Å². The van der Waals surface area contributed by atoms with Crippen molar-refractivity contribution >= 4 is 69.1 Å². The maximum Gasteiger partial charge on any atom is 0.481 e. The van der Waals surface area contributed by atoms with Crippen LogP contribution in [0.25, 0.3) is 11.2 Å². The lowest BCUT2D eigenvalue weighted by Crippen LogP contribution is -2.46. The van der Waals surface area contributed by atoms with Crippen molar-refractivity contribution in [2.45, 2.75) is 83.5 Å². The van der Waals surface area contributed by atoms with Crippen molar-refractivity contribution in [1.29, 1.82) is 0 Å². The van der Waals surface area contributed by atoms with Gasteiger partial charge < -0.3 is 50.9 Å². The van der Waals surface area contributed by atoms with Gasteiger partial charge in [0, 0.05) is 37.1 Å². The number of ether oxygens (including phenoxy) is 1. The fraction of sp³-hybridized carbons (Fsp3) is 0.704. The van der Waals surface area contributed by atoms with Crippen LogP contribution in [0.4, 0.5) is 5.82 Å². The number of amides is 2. The van der Waals surface area contributed by atoms with E-state index in [-0.39, 0.29) is 41.6 Å². The third-order valence-corrected chi connectivity index (χ3v) is 11.8. The number of aliphatic hydroxyl groups is 2. The minimum atomic E-state index is -5.56. The lowest BCUT2D eigenvalue weighted by atomic mass is 9.87. The lowest BCUT2D eigenvalue weighted by Gasteiger charge is -2.30. The van der Waals surface area contributed by atoms with Crippen LogP contribution in [0.15, 0.2) is 12.7 Å². The number of carbonyl (C=O) groups excluding carboxylic acids is 3. The molecule has 1 saturated heterocycles. The van der Waals surface area contributed by atoms with E-state index in [2.05, 4.69) is 34.4 Å². The first-order valence-corrected chi connectivity index (χ1v) is 22.1. The molecule has 3 heterocycles. The number of unbranched alkanes of at least 4 members (excludes halogenated alkanes) is 2. The van der Waals surface area contributed by atoms with Gasteiger partial charge in [-0.3, -0.25) is 32.5 Å². The molecule has 3 rings (SSSR count). The van der Waals surface area contributed by atoms with Crippen LogP contribution in [0.1, 0.15) is 59.1 Å². The Labute approximate surface area is 318 Å². The lowest BCUT2D eigenvalue weighted by molar-refractivity contribution is -0.137. The number of phosphoric ester groups is 3. The largest absolute Gasteiger partial charge is 0.481 e. The van der Waals surface area contributed by atoms with E-state index in [1.807, 2.05) is 6.92 Å². The summed E-state index contributed by atoms with van der Waals surface area (Å²) in [7, 11) is -16.4. The summed E-state index contributed by atoms with van der Waals surface area (Å²) in [6, 6.07) is 0. The smallest absolute Gasteiger partial charge is 0.386 e. The zero-order valence-corrected chi connectivity index (χ0v) is 33.4. The number of nitrogen functional groups attached to an aromatic ring is 1. The number of fused-ring (bicyclic) bond motifs is 1. The maximum atomic E-state index is 12.7. The molecule has 24 nitrogen and oxygen atoms in total. The first kappa shape index (κ1) is 46.9. The molecule has 2 aromatic rings. The van der Waals surface area contributed by atoms with E-state index in [0.717, 1.165) is 48.2 Å². The average Bonchev–Trinajstić information content (AvgIpc) is 3.64. The molecule has 1 aliphatic heterocycles. The third-order valence-electron chi connectivity index (χ3n) is 7.75. The van der Waals surface area contributed by atoms with Crippen molar-refractivity contribution in [3.8, 4) is 0 Å². The van der Waals surface area contributed by atoms with E-state index >= 15 is 0 Å². The molecule has 0 saturated carbocycles. The van der Waals surface area contributed by atoms with Gasteiger partial charge in [-0.1, -0.05) is 45.4 Å². The number of thioether (sulfide) groups is 1. The van der Waals surface area contributed by atoms with Crippen LogP contribution in [0, 0.1) is 5.41 Å². The zero-order valence-electron chi connectivity index (χ0n) is 29.9. The number of aliphatic hydroxyl groups excluding tert-OH is 2. The van der Waals surface area contributed by atoms with Gasteiger partial charge in [0.05, 0.1) is 19.5 Å². The molecule has 10 N–H and O–H groups in total. The van der Waals surface area contributed by atoms with E-state index in [9.17, 15) is 57.9 Å². The Balaban J connectivity index is 1.49. The number of nitrogens with zero attached hydrogens (tertiary/aromatic N) is 4. The summed E-state index contributed by atoms with van der Waals surface area (Å²) in [4.78, 5) is 87.3. The SMILES string of the molecule is CCCCCC(=O)SCCNC(=O)CCNC(=O)C(O)C(C)(C)COP(=O)(O)OP(=O)(O)OCC1OC(n2cnc3c(N)ncnc32)C(O)C1OP(=O)(O)O. The molecule has 0 bridgehead atoms. The van der Waals surface area contributed by atoms with Gasteiger partial charge >= 0.3 is 23.5 Å². The van der Waals surface area contributed by atoms with Crippen LogP contribution in [0.3, 0.4) is 0 Å². The van der Waals surface area contributed by atoms with E-state index in [1.54, 1.807) is 0 Å². The molecule has 1 aliphatic rings. The maximum absolute atomic E-state index is 12.7. The summed E-state index contributed by atoms with van der Waals surface area (Å²) in [5.41, 5.74) is 4.27. The molecule has 7 atom stereocenters. The summed E-state index contributed by atoms with van der Waals surface area (Å²) in [6.45, 7) is 2.59. The first-order chi connectivity index (χ1) is 25.6. The van der Waals surface area contributed by atoms with E-state index in [1.165, 1.54) is 13.8 Å². The van der Waals surface area contributed by atoms with Crippen LogP contribution in [-0.2, 0) is 50.7 Å². The quantitative estimate of drug-likeness (QED) is 0.0534. The first-order valence-electron chi connectivity index (χ1n) is 16.6. The third kappa shape index (κ3) is 14.8. The van der Waals surface area contributed by atoms with Gasteiger partial charge in [-0.15, -0.1) is 0 Å². The van der Waals surface area contributed by atoms with Crippen LogP contribution in [0.5, 0.6) is 0 Å². The highest BCUT2D eigenvalue weighted by Gasteiger charge is 2.50. The van der Waals surface area contributed by atoms with E-state index in [0.29, 0.717) is 12.2 Å². The monoisotopic (exact) mass is 865 g/mol.